The van der Waals surface area contributed by atoms with E-state index < -0.39 is 0 Å². The fourth-order valence-electron chi connectivity index (χ4n) is 3.07. The van der Waals surface area contributed by atoms with E-state index in [0.717, 1.165) is 6.04 Å². The van der Waals surface area contributed by atoms with Gasteiger partial charge >= 0.3 is 0 Å². The second kappa shape index (κ2) is 8.19. The molecule has 1 heteroatoms. The van der Waals surface area contributed by atoms with Crippen LogP contribution >= 0.6 is 0 Å². The maximum absolute atomic E-state index is 2.63. The summed E-state index contributed by atoms with van der Waals surface area (Å²) in [4.78, 5) is 2.63. The van der Waals surface area contributed by atoms with E-state index in [-0.39, 0.29) is 0 Å². The molecule has 0 radical (unpaired) electrons. The van der Waals surface area contributed by atoms with Crippen LogP contribution in [0.3, 0.4) is 0 Å². The van der Waals surface area contributed by atoms with E-state index in [1.165, 1.54) is 70.8 Å². The minimum absolute atomic E-state index is 0.527. The predicted molar refractivity (Wildman–Crippen MR) is 82.0 cm³/mol. The Morgan fingerprint density at radius 3 is 2.11 bits per heavy atom. The number of unbranched alkanes of at least 4 members (excludes halogenated alkanes) is 3. The topological polar surface area (TPSA) is 3.24 Å². The monoisotopic (exact) mass is 253 g/mol. The van der Waals surface area contributed by atoms with Crippen molar-refractivity contribution < 1.29 is 0 Å². The largest absolute Gasteiger partial charge is 0.303 e. The summed E-state index contributed by atoms with van der Waals surface area (Å²) < 4.78 is 0. The molecular formula is C17H35N. The highest BCUT2D eigenvalue weighted by Gasteiger charge is 2.17. The zero-order valence-electron chi connectivity index (χ0n) is 13.3. The third-order valence-electron chi connectivity index (χ3n) is 4.39. The first-order chi connectivity index (χ1) is 8.49. The molecule has 1 nitrogen and oxygen atoms in total. The number of hydrogen-bond donors (Lipinski definition) is 0. The first kappa shape index (κ1) is 16.0. The second-order valence-electron chi connectivity index (χ2n) is 7.50. The van der Waals surface area contributed by atoms with Gasteiger partial charge in [-0.25, -0.2) is 0 Å². The third-order valence-corrected chi connectivity index (χ3v) is 4.39. The highest BCUT2D eigenvalue weighted by Crippen LogP contribution is 2.23. The summed E-state index contributed by atoms with van der Waals surface area (Å²) in [5.74, 6) is 0. The highest BCUT2D eigenvalue weighted by molar-refractivity contribution is 4.73. The first-order valence-electron chi connectivity index (χ1n) is 8.19. The summed E-state index contributed by atoms with van der Waals surface area (Å²) in [5.41, 5.74) is 0.527. The van der Waals surface area contributed by atoms with Crippen molar-refractivity contribution in [3.63, 3.8) is 0 Å². The Kier molecular flexibility index (Phi) is 7.29. The molecule has 0 spiro atoms. The Labute approximate surface area is 115 Å². The van der Waals surface area contributed by atoms with Crippen LogP contribution in [0.4, 0.5) is 0 Å². The molecular weight excluding hydrogens is 218 g/mol. The van der Waals surface area contributed by atoms with E-state index in [0.29, 0.717) is 5.41 Å². The zero-order valence-corrected chi connectivity index (χ0v) is 13.3. The molecule has 0 aliphatic heterocycles. The Bertz CT molecular complexity index is 198. The standard InChI is InChI=1S/C17H35N/c1-17(2,3)14-10-5-6-11-15-18(4)16-12-8-7-9-13-16/h16H,5-15H2,1-4H3. The Balaban J connectivity index is 1.96. The molecule has 0 atom stereocenters. The lowest BCUT2D eigenvalue weighted by atomic mass is 9.89. The molecule has 0 N–H and O–H groups in total. The zero-order chi connectivity index (χ0) is 13.4. The lowest BCUT2D eigenvalue weighted by molar-refractivity contribution is 0.188. The molecule has 108 valence electrons. The van der Waals surface area contributed by atoms with Gasteiger partial charge in [-0.1, -0.05) is 59.3 Å². The molecule has 0 bridgehead atoms. The van der Waals surface area contributed by atoms with Gasteiger partial charge in [-0.05, 0) is 44.7 Å². The van der Waals surface area contributed by atoms with Crippen LogP contribution in [0.15, 0.2) is 0 Å². The number of nitrogens with zero attached hydrogens (tertiary/aromatic N) is 1. The van der Waals surface area contributed by atoms with Crippen molar-refractivity contribution in [3.8, 4) is 0 Å². The van der Waals surface area contributed by atoms with Gasteiger partial charge in [0.2, 0.25) is 0 Å². The van der Waals surface area contributed by atoms with Crippen molar-refractivity contribution in [2.24, 2.45) is 5.41 Å². The van der Waals surface area contributed by atoms with Crippen molar-refractivity contribution in [1.82, 2.24) is 4.90 Å². The summed E-state index contributed by atoms with van der Waals surface area (Å²) >= 11 is 0. The minimum Gasteiger partial charge on any atom is -0.303 e. The van der Waals surface area contributed by atoms with Crippen LogP contribution < -0.4 is 0 Å². The first-order valence-corrected chi connectivity index (χ1v) is 8.19. The smallest absolute Gasteiger partial charge is 0.00922 e. The van der Waals surface area contributed by atoms with Crippen molar-refractivity contribution in [3.05, 3.63) is 0 Å². The van der Waals surface area contributed by atoms with E-state index in [1.807, 2.05) is 0 Å². The molecule has 0 amide bonds. The van der Waals surface area contributed by atoms with Crippen LogP contribution in [0.5, 0.6) is 0 Å². The highest BCUT2D eigenvalue weighted by atomic mass is 15.1. The minimum atomic E-state index is 0.527. The lowest BCUT2D eigenvalue weighted by Gasteiger charge is -2.31. The summed E-state index contributed by atoms with van der Waals surface area (Å²) in [5, 5.41) is 0. The van der Waals surface area contributed by atoms with Crippen molar-refractivity contribution >= 4 is 0 Å². The Morgan fingerprint density at radius 1 is 0.889 bits per heavy atom. The van der Waals surface area contributed by atoms with E-state index in [1.54, 1.807) is 0 Å². The fraction of sp³-hybridized carbons (Fsp3) is 1.00. The van der Waals surface area contributed by atoms with E-state index >= 15 is 0 Å². The summed E-state index contributed by atoms with van der Waals surface area (Å²) in [7, 11) is 2.34. The molecule has 18 heavy (non-hydrogen) atoms. The summed E-state index contributed by atoms with van der Waals surface area (Å²) in [6.45, 7) is 8.37. The van der Waals surface area contributed by atoms with E-state index in [9.17, 15) is 0 Å². The Morgan fingerprint density at radius 2 is 1.50 bits per heavy atom. The van der Waals surface area contributed by atoms with Gasteiger partial charge in [-0.2, -0.15) is 0 Å². The second-order valence-corrected chi connectivity index (χ2v) is 7.50. The van der Waals surface area contributed by atoms with Gasteiger partial charge in [0, 0.05) is 6.04 Å². The average molecular weight is 253 g/mol. The van der Waals surface area contributed by atoms with Crippen LogP contribution in [0.2, 0.25) is 0 Å². The van der Waals surface area contributed by atoms with Gasteiger partial charge < -0.3 is 4.90 Å². The van der Waals surface area contributed by atoms with Crippen molar-refractivity contribution in [2.75, 3.05) is 13.6 Å². The summed E-state index contributed by atoms with van der Waals surface area (Å²) in [6.07, 6.45) is 14.3. The Hall–Kier alpha value is -0.0400. The van der Waals surface area contributed by atoms with Gasteiger partial charge in [0.15, 0.2) is 0 Å². The molecule has 0 heterocycles. The molecule has 1 fully saturated rings. The lowest BCUT2D eigenvalue weighted by Crippen LogP contribution is -2.34. The molecule has 0 saturated heterocycles. The quantitative estimate of drug-likeness (QED) is 0.560. The van der Waals surface area contributed by atoms with Crippen LogP contribution in [0, 0.1) is 5.41 Å². The van der Waals surface area contributed by atoms with E-state index in [2.05, 4.69) is 32.7 Å². The summed E-state index contributed by atoms with van der Waals surface area (Å²) in [6, 6.07) is 0.897. The van der Waals surface area contributed by atoms with Gasteiger partial charge in [0.1, 0.15) is 0 Å². The fourth-order valence-corrected chi connectivity index (χ4v) is 3.07. The average Bonchev–Trinajstić information content (AvgIpc) is 2.33. The number of hydrogen-bond acceptors (Lipinski definition) is 1. The van der Waals surface area contributed by atoms with Crippen LogP contribution in [0.1, 0.15) is 85.0 Å². The van der Waals surface area contributed by atoms with Crippen LogP contribution in [-0.2, 0) is 0 Å². The third kappa shape index (κ3) is 7.41. The van der Waals surface area contributed by atoms with Gasteiger partial charge in [-0.3, -0.25) is 0 Å². The number of rotatable bonds is 7. The molecule has 1 aliphatic carbocycles. The predicted octanol–water partition coefficient (Wildman–Crippen LogP) is 5.25. The van der Waals surface area contributed by atoms with Gasteiger partial charge in [0.05, 0.1) is 0 Å². The normalized spacial score (nSPS) is 18.5. The van der Waals surface area contributed by atoms with Gasteiger partial charge in [-0.15, -0.1) is 0 Å². The van der Waals surface area contributed by atoms with Crippen LogP contribution in [-0.4, -0.2) is 24.5 Å². The molecule has 0 aromatic heterocycles. The molecule has 1 aliphatic rings. The molecule has 1 rings (SSSR count). The molecule has 1 saturated carbocycles. The molecule has 0 unspecified atom stereocenters. The molecule has 0 aromatic carbocycles. The molecule has 0 aromatic rings. The van der Waals surface area contributed by atoms with Crippen molar-refractivity contribution in [1.29, 1.82) is 0 Å². The van der Waals surface area contributed by atoms with Crippen LogP contribution in [0.25, 0.3) is 0 Å². The van der Waals surface area contributed by atoms with E-state index in [4.69, 9.17) is 0 Å². The maximum Gasteiger partial charge on any atom is 0.00922 e. The van der Waals surface area contributed by atoms with Crippen molar-refractivity contribution in [2.45, 2.75) is 91.0 Å². The SMILES string of the molecule is CN(CCCCCCC(C)(C)C)C1CCCCC1. The van der Waals surface area contributed by atoms with Gasteiger partial charge in [0.25, 0.3) is 0 Å². The maximum atomic E-state index is 2.63.